The highest BCUT2D eigenvalue weighted by atomic mass is 19.1. The molecule has 0 heterocycles. The van der Waals surface area contributed by atoms with Crippen LogP contribution < -0.4 is 5.32 Å². The Morgan fingerprint density at radius 2 is 2.05 bits per heavy atom. The first-order chi connectivity index (χ1) is 8.95. The molecule has 104 valence electrons. The third kappa shape index (κ3) is 4.24. The van der Waals surface area contributed by atoms with E-state index in [-0.39, 0.29) is 12.1 Å². The van der Waals surface area contributed by atoms with E-state index in [2.05, 4.69) is 5.32 Å². The first-order valence-corrected chi connectivity index (χ1v) is 5.99. The zero-order valence-corrected chi connectivity index (χ0v) is 10.9. The van der Waals surface area contributed by atoms with E-state index < -0.39 is 23.9 Å². The van der Waals surface area contributed by atoms with Crippen LogP contribution in [-0.4, -0.2) is 34.6 Å². The molecule has 2 N–H and O–H groups in total. The van der Waals surface area contributed by atoms with Crippen LogP contribution in [0.25, 0.3) is 0 Å². The molecule has 0 aliphatic carbocycles. The van der Waals surface area contributed by atoms with Gasteiger partial charge in [-0.05, 0) is 26.0 Å². The van der Waals surface area contributed by atoms with E-state index in [9.17, 15) is 14.0 Å². The number of nitrogens with one attached hydrogen (secondary N) is 1. The van der Waals surface area contributed by atoms with Crippen LogP contribution in [0.5, 0.6) is 0 Å². The Bertz CT molecular complexity index is 465. The monoisotopic (exact) mass is 268 g/mol. The summed E-state index contributed by atoms with van der Waals surface area (Å²) in [5.74, 6) is -1.51. The number of urea groups is 1. The van der Waals surface area contributed by atoms with Crippen molar-refractivity contribution in [1.29, 1.82) is 0 Å². The summed E-state index contributed by atoms with van der Waals surface area (Å²) in [4.78, 5) is 24.0. The number of carbonyl (C=O) groups excluding carboxylic acids is 1. The average Bonchev–Trinajstić information content (AvgIpc) is 2.32. The third-order valence-corrected chi connectivity index (χ3v) is 2.72. The van der Waals surface area contributed by atoms with Crippen molar-refractivity contribution in [2.24, 2.45) is 0 Å². The summed E-state index contributed by atoms with van der Waals surface area (Å²) in [5, 5.41) is 11.2. The molecule has 1 aromatic carbocycles. The van der Waals surface area contributed by atoms with Gasteiger partial charge in [0.2, 0.25) is 0 Å². The number of anilines is 1. The van der Waals surface area contributed by atoms with Crippen LogP contribution in [-0.2, 0) is 4.79 Å². The molecule has 0 saturated carbocycles. The molecule has 1 rings (SSSR count). The molecule has 19 heavy (non-hydrogen) atoms. The first-order valence-electron chi connectivity index (χ1n) is 5.99. The van der Waals surface area contributed by atoms with Crippen LogP contribution in [0, 0.1) is 5.82 Å². The maximum atomic E-state index is 13.4. The summed E-state index contributed by atoms with van der Waals surface area (Å²) in [6, 6.07) is 4.84. The minimum absolute atomic E-state index is 0.0773. The number of halogens is 1. The number of rotatable bonds is 5. The standard InChI is InChI=1S/C13H17FN2O3/c1-3-16(9(2)8-12(17)18)13(19)15-11-7-5-4-6-10(11)14/h4-7,9H,3,8H2,1-2H3,(H,15,19)(H,17,18). The second-order valence-electron chi connectivity index (χ2n) is 4.14. The van der Waals surface area contributed by atoms with Crippen molar-refractivity contribution < 1.29 is 19.1 Å². The van der Waals surface area contributed by atoms with Crippen LogP contribution in [0.4, 0.5) is 14.9 Å². The van der Waals surface area contributed by atoms with E-state index in [0.717, 1.165) is 0 Å². The normalized spacial score (nSPS) is 11.7. The molecule has 0 fully saturated rings. The smallest absolute Gasteiger partial charge is 0.322 e. The van der Waals surface area contributed by atoms with Crippen LogP contribution in [0.3, 0.4) is 0 Å². The van der Waals surface area contributed by atoms with Gasteiger partial charge >= 0.3 is 12.0 Å². The number of hydrogen-bond acceptors (Lipinski definition) is 2. The maximum Gasteiger partial charge on any atom is 0.322 e. The van der Waals surface area contributed by atoms with E-state index in [1.807, 2.05) is 0 Å². The molecule has 1 aromatic rings. The molecule has 0 spiro atoms. The van der Waals surface area contributed by atoms with Crippen LogP contribution in [0.15, 0.2) is 24.3 Å². The quantitative estimate of drug-likeness (QED) is 0.862. The lowest BCUT2D eigenvalue weighted by Gasteiger charge is -2.27. The average molecular weight is 268 g/mol. The molecule has 5 nitrogen and oxygen atoms in total. The fourth-order valence-corrected chi connectivity index (χ4v) is 1.77. The van der Waals surface area contributed by atoms with Gasteiger partial charge in [-0.3, -0.25) is 4.79 Å². The number of nitrogens with zero attached hydrogens (tertiary/aromatic N) is 1. The van der Waals surface area contributed by atoms with E-state index in [4.69, 9.17) is 5.11 Å². The molecule has 0 bridgehead atoms. The molecule has 0 aliphatic rings. The van der Waals surface area contributed by atoms with Gasteiger partial charge in [-0.2, -0.15) is 0 Å². The second-order valence-corrected chi connectivity index (χ2v) is 4.14. The summed E-state index contributed by atoms with van der Waals surface area (Å²) in [5.41, 5.74) is 0.0773. The van der Waals surface area contributed by atoms with E-state index in [0.29, 0.717) is 6.54 Å². The molecule has 2 amide bonds. The predicted octanol–water partition coefficient (Wildman–Crippen LogP) is 2.54. The van der Waals surface area contributed by atoms with Gasteiger partial charge in [-0.15, -0.1) is 0 Å². The van der Waals surface area contributed by atoms with Crippen molar-refractivity contribution >= 4 is 17.7 Å². The minimum Gasteiger partial charge on any atom is -0.481 e. The molecule has 0 saturated heterocycles. The summed E-state index contributed by atoms with van der Waals surface area (Å²) in [7, 11) is 0. The maximum absolute atomic E-state index is 13.4. The van der Waals surface area contributed by atoms with Crippen molar-refractivity contribution in [2.45, 2.75) is 26.3 Å². The number of hydrogen-bond donors (Lipinski definition) is 2. The molecule has 1 atom stereocenters. The van der Waals surface area contributed by atoms with E-state index in [1.165, 1.54) is 23.1 Å². The van der Waals surface area contributed by atoms with Crippen molar-refractivity contribution in [2.75, 3.05) is 11.9 Å². The number of para-hydroxylation sites is 1. The molecule has 6 heteroatoms. The number of amides is 2. The largest absolute Gasteiger partial charge is 0.481 e. The minimum atomic E-state index is -0.982. The van der Waals surface area contributed by atoms with Gasteiger partial charge in [0.15, 0.2) is 0 Å². The van der Waals surface area contributed by atoms with E-state index in [1.54, 1.807) is 19.9 Å². The highest BCUT2D eigenvalue weighted by Gasteiger charge is 2.21. The van der Waals surface area contributed by atoms with Crippen molar-refractivity contribution in [3.8, 4) is 0 Å². The molecular formula is C13H17FN2O3. The molecule has 0 aliphatic heterocycles. The fraction of sp³-hybridized carbons (Fsp3) is 0.385. The fourth-order valence-electron chi connectivity index (χ4n) is 1.77. The summed E-state index contributed by atoms with van der Waals surface area (Å²) in [6.07, 6.45) is -0.154. The zero-order valence-electron chi connectivity index (χ0n) is 10.9. The third-order valence-electron chi connectivity index (χ3n) is 2.72. The Kier molecular flexibility index (Phi) is 5.29. The Balaban J connectivity index is 2.74. The van der Waals surface area contributed by atoms with E-state index >= 15 is 0 Å². The summed E-state index contributed by atoms with van der Waals surface area (Å²) in [6.45, 7) is 3.71. The van der Waals surface area contributed by atoms with Gasteiger partial charge in [0.25, 0.3) is 0 Å². The van der Waals surface area contributed by atoms with Gasteiger partial charge in [0, 0.05) is 12.6 Å². The van der Waals surface area contributed by atoms with Gasteiger partial charge < -0.3 is 15.3 Å². The predicted molar refractivity (Wildman–Crippen MR) is 69.5 cm³/mol. The SMILES string of the molecule is CCN(C(=O)Nc1ccccc1F)C(C)CC(=O)O. The lowest BCUT2D eigenvalue weighted by atomic mass is 10.2. The zero-order chi connectivity index (χ0) is 14.4. The van der Waals surface area contributed by atoms with Gasteiger partial charge in [0.05, 0.1) is 12.1 Å². The molecule has 1 unspecified atom stereocenters. The Hall–Kier alpha value is -2.11. The Morgan fingerprint density at radius 3 is 2.58 bits per heavy atom. The Morgan fingerprint density at radius 1 is 1.42 bits per heavy atom. The molecule has 0 radical (unpaired) electrons. The number of carbonyl (C=O) groups is 2. The highest BCUT2D eigenvalue weighted by molar-refractivity contribution is 5.89. The summed E-state index contributed by atoms with van der Waals surface area (Å²) >= 11 is 0. The molecular weight excluding hydrogens is 251 g/mol. The number of carboxylic acid groups (broad SMARTS) is 1. The lowest BCUT2D eigenvalue weighted by molar-refractivity contribution is -0.137. The summed E-state index contributed by atoms with van der Waals surface area (Å²) < 4.78 is 13.4. The Labute approximate surface area is 111 Å². The van der Waals surface area contributed by atoms with Crippen LogP contribution in [0.2, 0.25) is 0 Å². The lowest BCUT2D eigenvalue weighted by Crippen LogP contribution is -2.42. The van der Waals surface area contributed by atoms with Crippen molar-refractivity contribution in [3.63, 3.8) is 0 Å². The highest BCUT2D eigenvalue weighted by Crippen LogP contribution is 2.14. The van der Waals surface area contributed by atoms with Crippen molar-refractivity contribution in [1.82, 2.24) is 4.90 Å². The topological polar surface area (TPSA) is 69.6 Å². The number of aliphatic carboxylic acids is 1. The number of carboxylic acids is 1. The molecule has 0 aromatic heterocycles. The van der Waals surface area contributed by atoms with Crippen LogP contribution in [0.1, 0.15) is 20.3 Å². The van der Waals surface area contributed by atoms with Crippen LogP contribution >= 0.6 is 0 Å². The van der Waals surface area contributed by atoms with Gasteiger partial charge in [0.1, 0.15) is 5.82 Å². The number of benzene rings is 1. The van der Waals surface area contributed by atoms with Gasteiger partial charge in [-0.1, -0.05) is 12.1 Å². The van der Waals surface area contributed by atoms with Gasteiger partial charge in [-0.25, -0.2) is 9.18 Å². The van der Waals surface area contributed by atoms with Crippen molar-refractivity contribution in [3.05, 3.63) is 30.1 Å². The second kappa shape index (κ2) is 6.72. The first kappa shape index (κ1) is 14.9.